The fourth-order valence-corrected chi connectivity index (χ4v) is 3.92. The third-order valence-corrected chi connectivity index (χ3v) is 5.58. The highest BCUT2D eigenvalue weighted by Crippen LogP contribution is 2.23. The lowest BCUT2D eigenvalue weighted by Gasteiger charge is -2.22. The van der Waals surface area contributed by atoms with E-state index in [1.807, 2.05) is 0 Å². The quantitative estimate of drug-likeness (QED) is 0.207. The molecule has 2 atom stereocenters. The van der Waals surface area contributed by atoms with Crippen molar-refractivity contribution in [3.8, 4) is 0 Å². The van der Waals surface area contributed by atoms with Gasteiger partial charge in [-0.3, -0.25) is 4.99 Å². The number of hydrogen-bond donors (Lipinski definition) is 2. The second-order valence-corrected chi connectivity index (χ2v) is 7.98. The van der Waals surface area contributed by atoms with Gasteiger partial charge in [-0.05, 0) is 63.6 Å². The first kappa shape index (κ1) is 25.2. The molecular formula is C23H39IN4O2. The van der Waals surface area contributed by atoms with Crippen LogP contribution in [0.2, 0.25) is 0 Å². The van der Waals surface area contributed by atoms with Crippen LogP contribution in [0.3, 0.4) is 0 Å². The molecule has 0 saturated carbocycles. The van der Waals surface area contributed by atoms with Crippen molar-refractivity contribution in [1.82, 2.24) is 10.6 Å². The van der Waals surface area contributed by atoms with Crippen molar-refractivity contribution in [2.75, 3.05) is 50.9 Å². The maximum absolute atomic E-state index is 5.73. The second kappa shape index (κ2) is 14.1. The van der Waals surface area contributed by atoms with E-state index in [-0.39, 0.29) is 30.0 Å². The molecule has 2 fully saturated rings. The zero-order chi connectivity index (χ0) is 20.3. The summed E-state index contributed by atoms with van der Waals surface area (Å²) in [5, 5.41) is 6.90. The lowest BCUT2D eigenvalue weighted by atomic mass is 10.1. The molecule has 0 bridgehead atoms. The Bertz CT molecular complexity index is 631. The summed E-state index contributed by atoms with van der Waals surface area (Å²) in [6, 6.07) is 9.09. The van der Waals surface area contributed by atoms with E-state index in [1.165, 1.54) is 37.2 Å². The minimum Gasteiger partial charge on any atom is -0.379 e. The normalized spacial score (nSPS) is 20.1. The summed E-state index contributed by atoms with van der Waals surface area (Å²) in [4.78, 5) is 7.20. The predicted octanol–water partition coefficient (Wildman–Crippen LogP) is 4.11. The van der Waals surface area contributed by atoms with Crippen LogP contribution >= 0.6 is 24.0 Å². The van der Waals surface area contributed by atoms with E-state index in [2.05, 4.69) is 53.6 Å². The number of halogens is 1. The highest BCUT2D eigenvalue weighted by molar-refractivity contribution is 14.0. The lowest BCUT2D eigenvalue weighted by molar-refractivity contribution is 0.0171. The molecule has 1 aromatic rings. The van der Waals surface area contributed by atoms with Crippen molar-refractivity contribution in [3.63, 3.8) is 0 Å². The van der Waals surface area contributed by atoms with Gasteiger partial charge in [0.05, 0.1) is 18.8 Å². The average Bonchev–Trinajstić information content (AvgIpc) is 3.45. The molecule has 2 heterocycles. The zero-order valence-corrected chi connectivity index (χ0v) is 20.9. The van der Waals surface area contributed by atoms with Crippen LogP contribution in [0.15, 0.2) is 29.3 Å². The maximum atomic E-state index is 5.73. The van der Waals surface area contributed by atoms with Crippen LogP contribution in [-0.2, 0) is 9.47 Å². The third kappa shape index (κ3) is 8.23. The number of nitrogens with one attached hydrogen (secondary N) is 2. The van der Waals surface area contributed by atoms with Crippen LogP contribution in [-0.4, -0.2) is 58.1 Å². The summed E-state index contributed by atoms with van der Waals surface area (Å²) in [5.41, 5.74) is 2.62. The van der Waals surface area contributed by atoms with Crippen molar-refractivity contribution in [2.45, 2.75) is 58.1 Å². The molecule has 30 heavy (non-hydrogen) atoms. The van der Waals surface area contributed by atoms with E-state index in [0.717, 1.165) is 51.5 Å². The molecule has 7 heteroatoms. The smallest absolute Gasteiger partial charge is 0.191 e. The second-order valence-electron chi connectivity index (χ2n) is 7.98. The Balaban J connectivity index is 0.00000320. The lowest BCUT2D eigenvalue weighted by Crippen LogP contribution is -2.38. The molecule has 0 radical (unpaired) electrons. The third-order valence-electron chi connectivity index (χ3n) is 5.58. The number of aliphatic imine (C=N–C) groups is 1. The van der Waals surface area contributed by atoms with E-state index in [4.69, 9.17) is 14.5 Å². The Hall–Kier alpha value is -1.06. The standard InChI is InChI=1S/C23H38N4O2.HI/c1-3-24-23(25-12-8-15-28-18-22-11-7-16-29-22)26-19(2)20-9-6-10-21(17-20)27-13-4-5-14-27;/h6,9-10,17,19,22H,3-5,7-8,11-16,18H2,1-2H3,(H2,24,25,26);1H. The average molecular weight is 530 g/mol. The van der Waals surface area contributed by atoms with Gasteiger partial charge in [0.15, 0.2) is 5.96 Å². The number of anilines is 1. The molecule has 3 rings (SSSR count). The zero-order valence-electron chi connectivity index (χ0n) is 18.6. The first-order chi connectivity index (χ1) is 14.3. The monoisotopic (exact) mass is 530 g/mol. The molecule has 1 aromatic carbocycles. The van der Waals surface area contributed by atoms with Crippen LogP contribution in [0.4, 0.5) is 5.69 Å². The van der Waals surface area contributed by atoms with Crippen LogP contribution < -0.4 is 15.5 Å². The molecule has 2 N–H and O–H groups in total. The predicted molar refractivity (Wildman–Crippen MR) is 135 cm³/mol. The Labute approximate surface area is 199 Å². The van der Waals surface area contributed by atoms with E-state index in [0.29, 0.717) is 12.7 Å². The van der Waals surface area contributed by atoms with Gasteiger partial charge in [0.2, 0.25) is 0 Å². The van der Waals surface area contributed by atoms with Crippen LogP contribution in [0.25, 0.3) is 0 Å². The van der Waals surface area contributed by atoms with Crippen molar-refractivity contribution in [3.05, 3.63) is 29.8 Å². The van der Waals surface area contributed by atoms with Gasteiger partial charge in [-0.2, -0.15) is 0 Å². The topological polar surface area (TPSA) is 58.1 Å². The van der Waals surface area contributed by atoms with Gasteiger partial charge < -0.3 is 25.0 Å². The van der Waals surface area contributed by atoms with E-state index < -0.39 is 0 Å². The Morgan fingerprint density at radius 3 is 2.87 bits per heavy atom. The van der Waals surface area contributed by atoms with Crippen molar-refractivity contribution >= 4 is 35.6 Å². The maximum Gasteiger partial charge on any atom is 0.191 e. The number of hydrogen-bond acceptors (Lipinski definition) is 4. The van der Waals surface area contributed by atoms with Crippen LogP contribution in [0.5, 0.6) is 0 Å². The molecule has 2 unspecified atom stereocenters. The SMILES string of the molecule is CCNC(=NCCCOCC1CCCO1)NC(C)c1cccc(N2CCCC2)c1.I. The number of ether oxygens (including phenoxy) is 2. The molecule has 6 nitrogen and oxygen atoms in total. The molecule has 2 aliphatic rings. The fraction of sp³-hybridized carbons (Fsp3) is 0.696. The van der Waals surface area contributed by atoms with Gasteiger partial charge in [-0.1, -0.05) is 12.1 Å². The summed E-state index contributed by atoms with van der Waals surface area (Å²) in [6.45, 7) is 10.6. The number of benzene rings is 1. The van der Waals surface area contributed by atoms with Gasteiger partial charge >= 0.3 is 0 Å². The largest absolute Gasteiger partial charge is 0.379 e. The molecular weight excluding hydrogens is 491 g/mol. The summed E-state index contributed by atoms with van der Waals surface area (Å²) in [6.07, 6.45) is 6.11. The number of nitrogens with zero attached hydrogens (tertiary/aromatic N) is 2. The molecule has 2 aliphatic heterocycles. The first-order valence-electron chi connectivity index (χ1n) is 11.4. The van der Waals surface area contributed by atoms with Crippen molar-refractivity contribution in [1.29, 1.82) is 0 Å². The van der Waals surface area contributed by atoms with Crippen molar-refractivity contribution in [2.24, 2.45) is 4.99 Å². The summed E-state index contributed by atoms with van der Waals surface area (Å²) in [5.74, 6) is 0.866. The minimum absolute atomic E-state index is 0. The van der Waals surface area contributed by atoms with Crippen LogP contribution in [0, 0.1) is 0 Å². The Morgan fingerprint density at radius 2 is 2.13 bits per heavy atom. The van der Waals surface area contributed by atoms with Crippen LogP contribution in [0.1, 0.15) is 57.6 Å². The molecule has 0 aromatic heterocycles. The minimum atomic E-state index is 0. The van der Waals surface area contributed by atoms with Gasteiger partial charge in [0.25, 0.3) is 0 Å². The molecule has 2 saturated heterocycles. The molecule has 170 valence electrons. The highest BCUT2D eigenvalue weighted by atomic mass is 127. The molecule has 0 amide bonds. The van der Waals surface area contributed by atoms with E-state index in [1.54, 1.807) is 0 Å². The van der Waals surface area contributed by atoms with Gasteiger partial charge in [-0.15, -0.1) is 24.0 Å². The Morgan fingerprint density at radius 1 is 1.30 bits per heavy atom. The molecule has 0 aliphatic carbocycles. The summed E-state index contributed by atoms with van der Waals surface area (Å²) >= 11 is 0. The molecule has 0 spiro atoms. The van der Waals surface area contributed by atoms with Gasteiger partial charge in [-0.25, -0.2) is 0 Å². The number of rotatable bonds is 10. The van der Waals surface area contributed by atoms with Gasteiger partial charge in [0, 0.05) is 45.1 Å². The van der Waals surface area contributed by atoms with Gasteiger partial charge in [0.1, 0.15) is 0 Å². The summed E-state index contributed by atoms with van der Waals surface area (Å²) < 4.78 is 11.3. The van der Waals surface area contributed by atoms with Crippen molar-refractivity contribution < 1.29 is 9.47 Å². The Kier molecular flexibility index (Phi) is 11.8. The first-order valence-corrected chi connectivity index (χ1v) is 11.4. The fourth-order valence-electron chi connectivity index (χ4n) is 3.92. The van der Waals surface area contributed by atoms with E-state index in [9.17, 15) is 0 Å². The number of guanidine groups is 1. The summed E-state index contributed by atoms with van der Waals surface area (Å²) in [7, 11) is 0. The van der Waals surface area contributed by atoms with E-state index >= 15 is 0 Å². The highest BCUT2D eigenvalue weighted by Gasteiger charge is 2.15.